The number of methoxy groups -OCH3 is 1. The second-order valence-corrected chi connectivity index (χ2v) is 6.79. The molecule has 2 atom stereocenters. The quantitative estimate of drug-likeness (QED) is 0.916. The van der Waals surface area contributed by atoms with Crippen LogP contribution in [0.25, 0.3) is 0 Å². The lowest BCUT2D eigenvalue weighted by atomic mass is 9.86. The third-order valence-corrected chi connectivity index (χ3v) is 5.35. The molecule has 0 unspecified atom stereocenters. The summed E-state index contributed by atoms with van der Waals surface area (Å²) in [6.45, 7) is 7.28. The molecule has 0 amide bonds. The molecule has 2 fully saturated rings. The van der Waals surface area contributed by atoms with Crippen molar-refractivity contribution in [3.8, 4) is 5.75 Å². The molecule has 0 bridgehead atoms. The van der Waals surface area contributed by atoms with E-state index < -0.39 is 0 Å². The number of hydrogen-bond acceptors (Lipinski definition) is 2. The standard InChI is InChI=1S/C18H28N2O/c1-15-6-5-7-16(14-15)19-10-12-20(13-11-19)17-8-3-4-9-18(17)21-2/h3-4,8-9,15-16H,5-7,10-14H2,1-2H3/p+1/t15-,16-/m0/s1. The highest BCUT2D eigenvalue weighted by Gasteiger charge is 2.31. The van der Waals surface area contributed by atoms with Gasteiger partial charge in [0, 0.05) is 6.42 Å². The van der Waals surface area contributed by atoms with Crippen LogP contribution in [-0.2, 0) is 0 Å². The van der Waals surface area contributed by atoms with Crippen molar-refractivity contribution in [2.24, 2.45) is 5.92 Å². The molecule has 1 aromatic carbocycles. The lowest BCUT2D eigenvalue weighted by molar-refractivity contribution is -0.927. The third kappa shape index (κ3) is 3.34. The van der Waals surface area contributed by atoms with Crippen LogP contribution in [0.4, 0.5) is 5.69 Å². The van der Waals surface area contributed by atoms with Crippen molar-refractivity contribution in [2.75, 3.05) is 38.2 Å². The summed E-state index contributed by atoms with van der Waals surface area (Å²) >= 11 is 0. The van der Waals surface area contributed by atoms with Crippen molar-refractivity contribution in [2.45, 2.75) is 38.6 Å². The highest BCUT2D eigenvalue weighted by molar-refractivity contribution is 5.58. The van der Waals surface area contributed by atoms with Crippen LogP contribution in [0.2, 0.25) is 0 Å². The largest absolute Gasteiger partial charge is 0.495 e. The summed E-state index contributed by atoms with van der Waals surface area (Å²) in [5.41, 5.74) is 1.26. The van der Waals surface area contributed by atoms with Gasteiger partial charge in [-0.05, 0) is 30.9 Å². The van der Waals surface area contributed by atoms with Gasteiger partial charge < -0.3 is 14.5 Å². The van der Waals surface area contributed by atoms with E-state index in [9.17, 15) is 0 Å². The van der Waals surface area contributed by atoms with Crippen molar-refractivity contribution in [1.82, 2.24) is 0 Å². The molecule has 21 heavy (non-hydrogen) atoms. The summed E-state index contributed by atoms with van der Waals surface area (Å²) in [4.78, 5) is 4.34. The molecule has 2 aliphatic rings. The molecule has 1 aliphatic heterocycles. The zero-order valence-electron chi connectivity index (χ0n) is 13.5. The predicted octanol–water partition coefficient (Wildman–Crippen LogP) is 1.98. The Morgan fingerprint density at radius 2 is 1.90 bits per heavy atom. The number of hydrogen-bond donors (Lipinski definition) is 1. The molecule has 116 valence electrons. The van der Waals surface area contributed by atoms with Crippen LogP contribution < -0.4 is 14.5 Å². The SMILES string of the molecule is COc1ccccc1N1CC[NH+]([C@H]2CCC[C@H](C)C2)CC1. The number of piperazine rings is 1. The molecule has 0 radical (unpaired) electrons. The van der Waals surface area contributed by atoms with Crippen LogP contribution in [0.5, 0.6) is 5.75 Å². The fourth-order valence-electron chi connectivity index (χ4n) is 4.14. The topological polar surface area (TPSA) is 16.9 Å². The minimum Gasteiger partial charge on any atom is -0.495 e. The van der Waals surface area contributed by atoms with Gasteiger partial charge >= 0.3 is 0 Å². The van der Waals surface area contributed by atoms with E-state index in [2.05, 4.69) is 30.0 Å². The van der Waals surface area contributed by atoms with Crippen molar-refractivity contribution in [1.29, 1.82) is 0 Å². The molecule has 1 aromatic rings. The predicted molar refractivity (Wildman–Crippen MR) is 87.3 cm³/mol. The summed E-state index contributed by atoms with van der Waals surface area (Å²) in [5, 5.41) is 0. The first-order valence-corrected chi connectivity index (χ1v) is 8.50. The monoisotopic (exact) mass is 289 g/mol. The smallest absolute Gasteiger partial charge is 0.142 e. The molecule has 1 saturated heterocycles. The minimum absolute atomic E-state index is 0.911. The lowest BCUT2D eigenvalue weighted by Crippen LogP contribution is -3.18. The molecule has 1 aliphatic carbocycles. The molecule has 1 saturated carbocycles. The number of ether oxygens (including phenoxy) is 1. The molecule has 3 heteroatoms. The van der Waals surface area contributed by atoms with E-state index in [4.69, 9.17) is 4.74 Å². The van der Waals surface area contributed by atoms with Gasteiger partial charge in [0.1, 0.15) is 5.75 Å². The molecule has 3 rings (SSSR count). The van der Waals surface area contributed by atoms with Crippen LogP contribution in [0.3, 0.4) is 0 Å². The number of para-hydroxylation sites is 2. The Labute approximate surface area is 128 Å². The maximum Gasteiger partial charge on any atom is 0.142 e. The highest BCUT2D eigenvalue weighted by atomic mass is 16.5. The molecule has 3 nitrogen and oxygen atoms in total. The van der Waals surface area contributed by atoms with E-state index in [1.54, 1.807) is 7.11 Å². The van der Waals surface area contributed by atoms with E-state index in [-0.39, 0.29) is 0 Å². The number of nitrogens with zero attached hydrogens (tertiary/aromatic N) is 1. The maximum absolute atomic E-state index is 5.51. The Kier molecular flexibility index (Phi) is 4.69. The third-order valence-electron chi connectivity index (χ3n) is 5.35. The second-order valence-electron chi connectivity index (χ2n) is 6.79. The van der Waals surface area contributed by atoms with Gasteiger partial charge in [0.05, 0.1) is 45.0 Å². The summed E-state index contributed by atoms with van der Waals surface area (Å²) in [6, 6.07) is 9.32. The van der Waals surface area contributed by atoms with Gasteiger partial charge in [0.25, 0.3) is 0 Å². The first kappa shape index (κ1) is 14.7. The minimum atomic E-state index is 0.911. The lowest BCUT2D eigenvalue weighted by Gasteiger charge is -2.40. The van der Waals surface area contributed by atoms with Gasteiger partial charge in [-0.3, -0.25) is 0 Å². The molecule has 1 heterocycles. The van der Waals surface area contributed by atoms with Gasteiger partial charge in [-0.25, -0.2) is 0 Å². The van der Waals surface area contributed by atoms with Crippen molar-refractivity contribution < 1.29 is 9.64 Å². The zero-order valence-corrected chi connectivity index (χ0v) is 13.5. The van der Waals surface area contributed by atoms with Crippen molar-refractivity contribution in [3.63, 3.8) is 0 Å². The van der Waals surface area contributed by atoms with Crippen LogP contribution in [-0.4, -0.2) is 39.3 Å². The van der Waals surface area contributed by atoms with Crippen LogP contribution >= 0.6 is 0 Å². The van der Waals surface area contributed by atoms with Crippen molar-refractivity contribution in [3.05, 3.63) is 24.3 Å². The van der Waals surface area contributed by atoms with Gasteiger partial charge in [-0.2, -0.15) is 0 Å². The summed E-state index contributed by atoms with van der Waals surface area (Å²) < 4.78 is 5.51. The Hall–Kier alpha value is -1.22. The van der Waals surface area contributed by atoms with Crippen LogP contribution in [0.1, 0.15) is 32.6 Å². The van der Waals surface area contributed by atoms with E-state index in [0.717, 1.165) is 30.8 Å². The second kappa shape index (κ2) is 6.69. The number of anilines is 1. The highest BCUT2D eigenvalue weighted by Crippen LogP contribution is 2.27. The van der Waals surface area contributed by atoms with Crippen LogP contribution in [0, 0.1) is 5.92 Å². The van der Waals surface area contributed by atoms with E-state index in [0.29, 0.717) is 0 Å². The van der Waals surface area contributed by atoms with Crippen molar-refractivity contribution >= 4 is 5.69 Å². The molecule has 0 aromatic heterocycles. The Bertz CT molecular complexity index is 454. The Morgan fingerprint density at radius 3 is 2.62 bits per heavy atom. The zero-order chi connectivity index (χ0) is 14.7. The van der Waals surface area contributed by atoms with E-state index >= 15 is 0 Å². The van der Waals surface area contributed by atoms with Gasteiger partial charge in [0.2, 0.25) is 0 Å². The molecular weight excluding hydrogens is 260 g/mol. The summed E-state index contributed by atoms with van der Waals surface area (Å²) in [6.07, 6.45) is 5.75. The van der Waals surface area contributed by atoms with Gasteiger partial charge in [0.15, 0.2) is 0 Å². The van der Waals surface area contributed by atoms with E-state index in [1.807, 2.05) is 11.0 Å². The first-order chi connectivity index (χ1) is 10.3. The maximum atomic E-state index is 5.51. The van der Waals surface area contributed by atoms with Gasteiger partial charge in [-0.15, -0.1) is 0 Å². The fourth-order valence-corrected chi connectivity index (χ4v) is 4.14. The first-order valence-electron chi connectivity index (χ1n) is 8.50. The Morgan fingerprint density at radius 1 is 1.14 bits per heavy atom. The molecule has 0 spiro atoms. The molecule has 1 N–H and O–H groups in total. The summed E-state index contributed by atoms with van der Waals surface area (Å²) in [5.74, 6) is 1.94. The molecular formula is C18H29N2O+. The normalized spacial score (nSPS) is 27.6. The number of benzene rings is 1. The average molecular weight is 289 g/mol. The summed E-state index contributed by atoms with van der Waals surface area (Å²) in [7, 11) is 1.77. The van der Waals surface area contributed by atoms with E-state index in [1.165, 1.54) is 44.5 Å². The van der Waals surface area contributed by atoms with Crippen LogP contribution in [0.15, 0.2) is 24.3 Å². The fraction of sp³-hybridized carbons (Fsp3) is 0.667. The number of quaternary nitrogens is 1. The average Bonchev–Trinajstić information content (AvgIpc) is 2.55. The number of nitrogens with one attached hydrogen (secondary N) is 1. The van der Waals surface area contributed by atoms with Gasteiger partial charge in [-0.1, -0.05) is 25.5 Å². The number of rotatable bonds is 3. The Balaban J connectivity index is 1.60.